The van der Waals surface area contributed by atoms with Gasteiger partial charge in [-0.05, 0) is 18.2 Å². The van der Waals surface area contributed by atoms with E-state index in [1.54, 1.807) is 0 Å². The Morgan fingerprint density at radius 2 is 1.93 bits per heavy atom. The van der Waals surface area contributed by atoms with E-state index in [-0.39, 0.29) is 17.1 Å². The zero-order valence-electron chi connectivity index (χ0n) is 13.8. The molecule has 142 valence electrons. The lowest BCUT2D eigenvalue weighted by Crippen LogP contribution is -2.36. The van der Waals surface area contributed by atoms with Crippen molar-refractivity contribution in [1.29, 1.82) is 0 Å². The van der Waals surface area contributed by atoms with Gasteiger partial charge in [-0.2, -0.15) is 18.3 Å². The number of ketones is 1. The molecular formula is C17H10F3N5O3. The highest BCUT2D eigenvalue weighted by molar-refractivity contribution is 6.52. The molecule has 0 unspecified atom stereocenters. The van der Waals surface area contributed by atoms with Gasteiger partial charge in [-0.25, -0.2) is 9.88 Å². The molecule has 3 heterocycles. The standard InChI is InChI=1S/C17H10F3N5O3/c18-17(19,20)8-2-1-3-9(6-8)25-15(27)11-12(23-24-13(11)16(25)28)14(26)10-7-21-4-5-22-10/h1-7,11,13,24H/t11-,13-/m1/s1. The molecule has 0 radical (unpaired) electrons. The number of carbonyl (C=O) groups is 3. The summed E-state index contributed by atoms with van der Waals surface area (Å²) in [5, 5.41) is 3.78. The molecule has 0 spiro atoms. The van der Waals surface area contributed by atoms with E-state index in [9.17, 15) is 27.6 Å². The molecule has 1 aromatic heterocycles. The van der Waals surface area contributed by atoms with Gasteiger partial charge in [0.15, 0.2) is 0 Å². The first-order valence-electron chi connectivity index (χ1n) is 7.98. The van der Waals surface area contributed by atoms with Crippen LogP contribution in [0.1, 0.15) is 16.1 Å². The third-order valence-corrected chi connectivity index (χ3v) is 4.39. The van der Waals surface area contributed by atoms with Gasteiger partial charge >= 0.3 is 6.18 Å². The lowest BCUT2D eigenvalue weighted by molar-refractivity contribution is -0.137. The lowest BCUT2D eigenvalue weighted by atomic mass is 9.94. The van der Waals surface area contributed by atoms with Crippen molar-refractivity contribution >= 4 is 29.0 Å². The predicted molar refractivity (Wildman–Crippen MR) is 88.1 cm³/mol. The predicted octanol–water partition coefficient (Wildman–Crippen LogP) is 1.20. The van der Waals surface area contributed by atoms with Gasteiger partial charge in [-0.1, -0.05) is 6.07 Å². The Hall–Kier alpha value is -3.63. The van der Waals surface area contributed by atoms with Gasteiger partial charge in [0.05, 0.1) is 17.4 Å². The molecule has 1 aromatic carbocycles. The summed E-state index contributed by atoms with van der Waals surface area (Å²) in [6.45, 7) is 0. The highest BCUT2D eigenvalue weighted by Crippen LogP contribution is 2.35. The number of imide groups is 1. The number of aromatic nitrogens is 2. The summed E-state index contributed by atoms with van der Waals surface area (Å²) in [7, 11) is 0. The van der Waals surface area contributed by atoms with E-state index in [0.717, 1.165) is 12.1 Å². The van der Waals surface area contributed by atoms with Crippen molar-refractivity contribution < 1.29 is 27.6 Å². The second-order valence-electron chi connectivity index (χ2n) is 6.06. The number of benzene rings is 1. The number of halogens is 3. The Bertz CT molecular complexity index is 1020. The number of nitrogens with zero attached hydrogens (tertiary/aromatic N) is 4. The number of amides is 2. The summed E-state index contributed by atoms with van der Waals surface area (Å²) >= 11 is 0. The van der Waals surface area contributed by atoms with Crippen molar-refractivity contribution in [2.75, 3.05) is 4.90 Å². The van der Waals surface area contributed by atoms with Crippen molar-refractivity contribution in [2.45, 2.75) is 12.2 Å². The maximum absolute atomic E-state index is 13.0. The van der Waals surface area contributed by atoms with Gasteiger partial charge in [-0.3, -0.25) is 24.8 Å². The maximum Gasteiger partial charge on any atom is 0.416 e. The smallest absolute Gasteiger partial charge is 0.296 e. The Balaban J connectivity index is 1.67. The van der Waals surface area contributed by atoms with Crippen LogP contribution in [0.5, 0.6) is 0 Å². The van der Waals surface area contributed by atoms with Crippen molar-refractivity contribution in [2.24, 2.45) is 11.0 Å². The number of nitrogens with one attached hydrogen (secondary N) is 1. The van der Waals surface area contributed by atoms with Crippen LogP contribution < -0.4 is 10.3 Å². The summed E-state index contributed by atoms with van der Waals surface area (Å²) in [6.07, 6.45) is -0.813. The summed E-state index contributed by atoms with van der Waals surface area (Å²) in [6, 6.07) is 2.68. The number of alkyl halides is 3. The SMILES string of the molecule is O=C(C1=NN[C@H]2C(=O)N(c3cccc(C(F)(F)F)c3)C(=O)[C@H]12)c1cnccn1. The van der Waals surface area contributed by atoms with E-state index in [1.807, 2.05) is 0 Å². The van der Waals surface area contributed by atoms with Gasteiger partial charge in [0.2, 0.25) is 11.7 Å². The Kier molecular flexibility index (Phi) is 3.95. The highest BCUT2D eigenvalue weighted by atomic mass is 19.4. The van der Waals surface area contributed by atoms with Crippen LogP contribution in [0.2, 0.25) is 0 Å². The van der Waals surface area contributed by atoms with Gasteiger partial charge in [0.1, 0.15) is 23.4 Å². The fourth-order valence-corrected chi connectivity index (χ4v) is 3.10. The summed E-state index contributed by atoms with van der Waals surface area (Å²) < 4.78 is 38.9. The molecule has 0 bridgehead atoms. The van der Waals surface area contributed by atoms with Crippen LogP contribution >= 0.6 is 0 Å². The molecule has 28 heavy (non-hydrogen) atoms. The topological polar surface area (TPSA) is 105 Å². The van der Waals surface area contributed by atoms with Crippen molar-refractivity contribution in [3.63, 3.8) is 0 Å². The molecule has 4 rings (SSSR count). The number of Topliss-reactive ketones (excluding diaryl/α,β-unsaturated/α-hetero) is 1. The second kappa shape index (κ2) is 6.22. The van der Waals surface area contributed by atoms with Crippen LogP contribution in [0.4, 0.5) is 18.9 Å². The van der Waals surface area contributed by atoms with E-state index in [1.165, 1.54) is 24.7 Å². The Morgan fingerprint density at radius 3 is 2.61 bits per heavy atom. The molecule has 2 atom stereocenters. The first-order chi connectivity index (χ1) is 13.3. The Labute approximate surface area is 155 Å². The second-order valence-corrected chi connectivity index (χ2v) is 6.06. The maximum atomic E-state index is 13.0. The number of fused-ring (bicyclic) bond motifs is 1. The molecule has 2 aliphatic rings. The van der Waals surface area contributed by atoms with Crippen molar-refractivity contribution in [3.05, 3.63) is 54.1 Å². The number of anilines is 1. The zero-order chi connectivity index (χ0) is 20.1. The van der Waals surface area contributed by atoms with E-state index in [4.69, 9.17) is 0 Å². The summed E-state index contributed by atoms with van der Waals surface area (Å²) in [5.41, 5.74) is 0.894. The summed E-state index contributed by atoms with van der Waals surface area (Å²) in [4.78, 5) is 46.2. The van der Waals surface area contributed by atoms with Crippen LogP contribution in [0, 0.1) is 5.92 Å². The molecule has 0 saturated carbocycles. The van der Waals surface area contributed by atoms with Crippen LogP contribution in [0.3, 0.4) is 0 Å². The van der Waals surface area contributed by atoms with E-state index in [2.05, 4.69) is 20.5 Å². The van der Waals surface area contributed by atoms with Crippen molar-refractivity contribution in [1.82, 2.24) is 15.4 Å². The average Bonchev–Trinajstić information content (AvgIpc) is 3.22. The lowest BCUT2D eigenvalue weighted by Gasteiger charge is -2.17. The molecular weight excluding hydrogens is 379 g/mol. The molecule has 2 amide bonds. The number of hydrazone groups is 1. The molecule has 11 heteroatoms. The third kappa shape index (κ3) is 2.71. The van der Waals surface area contributed by atoms with Gasteiger partial charge in [-0.15, -0.1) is 0 Å². The fraction of sp³-hybridized carbons (Fsp3) is 0.176. The largest absolute Gasteiger partial charge is 0.416 e. The number of carbonyl (C=O) groups excluding carboxylic acids is 3. The minimum Gasteiger partial charge on any atom is -0.296 e. The van der Waals surface area contributed by atoms with Gasteiger partial charge in [0, 0.05) is 12.4 Å². The average molecular weight is 389 g/mol. The van der Waals surface area contributed by atoms with Crippen LogP contribution in [-0.4, -0.2) is 39.3 Å². The highest BCUT2D eigenvalue weighted by Gasteiger charge is 2.55. The Morgan fingerprint density at radius 1 is 1.14 bits per heavy atom. The van der Waals surface area contributed by atoms with E-state index >= 15 is 0 Å². The quantitative estimate of drug-likeness (QED) is 0.625. The number of hydrogen-bond donors (Lipinski definition) is 1. The first-order valence-corrected chi connectivity index (χ1v) is 7.98. The zero-order valence-corrected chi connectivity index (χ0v) is 13.8. The third-order valence-electron chi connectivity index (χ3n) is 4.39. The molecule has 2 aliphatic heterocycles. The minimum atomic E-state index is -4.63. The van der Waals surface area contributed by atoms with Crippen molar-refractivity contribution in [3.8, 4) is 0 Å². The molecule has 8 nitrogen and oxygen atoms in total. The first kappa shape index (κ1) is 17.8. The molecule has 1 saturated heterocycles. The molecule has 1 N–H and O–H groups in total. The fourth-order valence-electron chi connectivity index (χ4n) is 3.10. The normalized spacial score (nSPS) is 21.4. The minimum absolute atomic E-state index is 0.0681. The number of hydrogen-bond acceptors (Lipinski definition) is 7. The summed E-state index contributed by atoms with van der Waals surface area (Å²) in [5.74, 6) is -3.58. The van der Waals surface area contributed by atoms with E-state index in [0.29, 0.717) is 11.0 Å². The van der Waals surface area contributed by atoms with Crippen LogP contribution in [-0.2, 0) is 15.8 Å². The molecule has 0 aliphatic carbocycles. The number of rotatable bonds is 3. The van der Waals surface area contributed by atoms with Crippen LogP contribution in [0.25, 0.3) is 0 Å². The molecule has 1 fully saturated rings. The van der Waals surface area contributed by atoms with E-state index < -0.39 is 41.3 Å². The van der Waals surface area contributed by atoms with Gasteiger partial charge in [0.25, 0.3) is 5.91 Å². The van der Waals surface area contributed by atoms with Crippen LogP contribution in [0.15, 0.2) is 48.0 Å². The monoisotopic (exact) mass is 389 g/mol. The van der Waals surface area contributed by atoms with Gasteiger partial charge < -0.3 is 0 Å². The molecule has 2 aromatic rings.